The summed E-state index contributed by atoms with van der Waals surface area (Å²) in [7, 11) is -3.81. The smallest absolute Gasteiger partial charge is 0.244 e. The van der Waals surface area contributed by atoms with Gasteiger partial charge in [0.25, 0.3) is 0 Å². The van der Waals surface area contributed by atoms with E-state index in [1.165, 1.54) is 12.1 Å². The molecule has 1 unspecified atom stereocenters. The zero-order valence-corrected chi connectivity index (χ0v) is 12.5. The van der Waals surface area contributed by atoms with Crippen molar-refractivity contribution in [2.24, 2.45) is 5.92 Å². The fourth-order valence-electron chi connectivity index (χ4n) is 1.73. The molecule has 1 aromatic rings. The number of nitrogens with one attached hydrogen (secondary N) is 1. The van der Waals surface area contributed by atoms with Crippen LogP contribution in [0.1, 0.15) is 20.3 Å². The Morgan fingerprint density at radius 2 is 2.05 bits per heavy atom. The molecule has 0 aliphatic carbocycles. The van der Waals surface area contributed by atoms with Crippen molar-refractivity contribution in [3.63, 3.8) is 0 Å². The highest BCUT2D eigenvalue weighted by Gasteiger charge is 2.25. The summed E-state index contributed by atoms with van der Waals surface area (Å²) in [6.07, 6.45) is 0.335. The molecule has 0 aliphatic heterocycles. The molecule has 5 nitrogen and oxygen atoms in total. The molecule has 0 aliphatic rings. The third-order valence-electron chi connectivity index (χ3n) is 2.82. The maximum atomic E-state index is 12.3. The van der Waals surface area contributed by atoms with Crippen molar-refractivity contribution >= 4 is 27.3 Å². The van der Waals surface area contributed by atoms with Gasteiger partial charge in [-0.1, -0.05) is 31.5 Å². The molecule has 1 atom stereocenters. The van der Waals surface area contributed by atoms with Gasteiger partial charge in [0, 0.05) is 12.6 Å². The number of rotatable bonds is 6. The number of sulfonamides is 1. The number of hydrogen-bond acceptors (Lipinski definition) is 4. The summed E-state index contributed by atoms with van der Waals surface area (Å²) in [6.45, 7) is 3.65. The molecule has 0 amide bonds. The van der Waals surface area contributed by atoms with E-state index in [0.29, 0.717) is 6.42 Å². The Bertz CT molecular complexity index is 512. The summed E-state index contributed by atoms with van der Waals surface area (Å²) in [5, 5.41) is 9.06. The summed E-state index contributed by atoms with van der Waals surface area (Å²) >= 11 is 5.91. The molecule has 19 heavy (non-hydrogen) atoms. The summed E-state index contributed by atoms with van der Waals surface area (Å²) in [6, 6.07) is 4.18. The second-order valence-corrected chi connectivity index (χ2v) is 6.70. The molecule has 0 saturated heterocycles. The van der Waals surface area contributed by atoms with E-state index >= 15 is 0 Å². The van der Waals surface area contributed by atoms with Crippen LogP contribution in [0.4, 0.5) is 5.69 Å². The molecule has 0 radical (unpaired) electrons. The van der Waals surface area contributed by atoms with E-state index in [0.717, 1.165) is 0 Å². The third-order valence-corrected chi connectivity index (χ3v) is 4.85. The normalized spacial score (nSPS) is 13.7. The SMILES string of the molecule is CC(C)C(CCO)NS(=O)(=O)c1c(N)cccc1Cl. The van der Waals surface area contributed by atoms with Crippen LogP contribution in [0.2, 0.25) is 5.02 Å². The standard InChI is InChI=1S/C12H19ClN2O3S/c1-8(2)11(6-7-16)15-19(17,18)12-9(13)4-3-5-10(12)14/h3-5,8,11,15-16H,6-7,14H2,1-2H3. The van der Waals surface area contributed by atoms with E-state index in [1.54, 1.807) is 6.07 Å². The molecule has 1 rings (SSSR count). The summed E-state index contributed by atoms with van der Waals surface area (Å²) in [4.78, 5) is -0.111. The van der Waals surface area contributed by atoms with Crippen molar-refractivity contribution in [3.8, 4) is 0 Å². The molecule has 108 valence electrons. The predicted octanol–water partition coefficient (Wildman–Crippen LogP) is 1.61. The van der Waals surface area contributed by atoms with Gasteiger partial charge in [-0.2, -0.15) is 0 Å². The molecule has 0 spiro atoms. The first-order valence-electron chi connectivity index (χ1n) is 5.96. The summed E-state index contributed by atoms with van der Waals surface area (Å²) in [5.41, 5.74) is 5.78. The van der Waals surface area contributed by atoms with Crippen LogP contribution in [0.25, 0.3) is 0 Å². The number of aliphatic hydroxyl groups is 1. The number of halogens is 1. The fourth-order valence-corrected chi connectivity index (χ4v) is 3.83. The molecular weight excluding hydrogens is 288 g/mol. The zero-order chi connectivity index (χ0) is 14.6. The minimum atomic E-state index is -3.81. The molecule has 0 fully saturated rings. The molecule has 4 N–H and O–H groups in total. The number of nitrogens with two attached hydrogens (primary N) is 1. The maximum absolute atomic E-state index is 12.3. The fraction of sp³-hybridized carbons (Fsp3) is 0.500. The van der Waals surface area contributed by atoms with E-state index in [-0.39, 0.29) is 34.2 Å². The molecule has 0 saturated carbocycles. The van der Waals surface area contributed by atoms with Crippen molar-refractivity contribution in [1.82, 2.24) is 4.72 Å². The van der Waals surface area contributed by atoms with Crippen LogP contribution in [0, 0.1) is 5.92 Å². The van der Waals surface area contributed by atoms with Crippen LogP contribution in [0.5, 0.6) is 0 Å². The zero-order valence-electron chi connectivity index (χ0n) is 10.9. The van der Waals surface area contributed by atoms with Crippen LogP contribution >= 0.6 is 11.6 Å². The molecule has 1 aromatic carbocycles. The lowest BCUT2D eigenvalue weighted by Gasteiger charge is -2.22. The Balaban J connectivity index is 3.10. The lowest BCUT2D eigenvalue weighted by Crippen LogP contribution is -2.39. The van der Waals surface area contributed by atoms with Gasteiger partial charge in [0.2, 0.25) is 10.0 Å². The van der Waals surface area contributed by atoms with Crippen molar-refractivity contribution in [2.45, 2.75) is 31.2 Å². The average Bonchev–Trinajstić information content (AvgIpc) is 2.27. The Morgan fingerprint density at radius 1 is 1.42 bits per heavy atom. The Morgan fingerprint density at radius 3 is 2.53 bits per heavy atom. The number of aliphatic hydroxyl groups excluding tert-OH is 1. The highest BCUT2D eigenvalue weighted by molar-refractivity contribution is 7.89. The van der Waals surface area contributed by atoms with Gasteiger partial charge in [-0.15, -0.1) is 0 Å². The number of nitrogen functional groups attached to an aromatic ring is 1. The molecule has 0 aromatic heterocycles. The van der Waals surface area contributed by atoms with Gasteiger partial charge in [0.05, 0.1) is 10.7 Å². The van der Waals surface area contributed by atoms with Crippen LogP contribution < -0.4 is 10.5 Å². The van der Waals surface area contributed by atoms with Gasteiger partial charge in [-0.05, 0) is 24.5 Å². The number of anilines is 1. The minimum Gasteiger partial charge on any atom is -0.398 e. The van der Waals surface area contributed by atoms with Crippen LogP contribution in [-0.2, 0) is 10.0 Å². The second-order valence-electron chi connectivity index (χ2n) is 4.64. The first-order chi connectivity index (χ1) is 8.79. The first-order valence-corrected chi connectivity index (χ1v) is 7.83. The molecule has 7 heteroatoms. The largest absolute Gasteiger partial charge is 0.398 e. The van der Waals surface area contributed by atoms with Gasteiger partial charge in [0.1, 0.15) is 4.90 Å². The minimum absolute atomic E-state index is 0.0469. The summed E-state index contributed by atoms with van der Waals surface area (Å²) in [5.74, 6) is 0.0469. The lowest BCUT2D eigenvalue weighted by molar-refractivity contribution is 0.256. The predicted molar refractivity (Wildman–Crippen MR) is 76.5 cm³/mol. The number of benzene rings is 1. The van der Waals surface area contributed by atoms with Gasteiger partial charge in [-0.25, -0.2) is 13.1 Å². The summed E-state index contributed by atoms with van der Waals surface area (Å²) < 4.78 is 27.2. The van der Waals surface area contributed by atoms with Crippen molar-refractivity contribution in [1.29, 1.82) is 0 Å². The highest BCUT2D eigenvalue weighted by atomic mass is 35.5. The van der Waals surface area contributed by atoms with E-state index in [4.69, 9.17) is 22.4 Å². The second kappa shape index (κ2) is 6.56. The van der Waals surface area contributed by atoms with Crippen molar-refractivity contribution in [3.05, 3.63) is 23.2 Å². The quantitative estimate of drug-likeness (QED) is 0.696. The molecular formula is C12H19ClN2O3S. The van der Waals surface area contributed by atoms with E-state index in [2.05, 4.69) is 4.72 Å². The lowest BCUT2D eigenvalue weighted by atomic mass is 10.0. The van der Waals surface area contributed by atoms with Gasteiger partial charge < -0.3 is 10.8 Å². The Hall–Kier alpha value is -0.820. The first kappa shape index (κ1) is 16.2. The molecule has 0 heterocycles. The third kappa shape index (κ3) is 4.07. The van der Waals surface area contributed by atoms with Crippen molar-refractivity contribution < 1.29 is 13.5 Å². The van der Waals surface area contributed by atoms with Crippen LogP contribution in [-0.4, -0.2) is 26.2 Å². The monoisotopic (exact) mass is 306 g/mol. The van der Waals surface area contributed by atoms with Gasteiger partial charge in [0.15, 0.2) is 0 Å². The highest BCUT2D eigenvalue weighted by Crippen LogP contribution is 2.27. The Kier molecular flexibility index (Phi) is 5.61. The maximum Gasteiger partial charge on any atom is 0.244 e. The van der Waals surface area contributed by atoms with Gasteiger partial charge in [-0.3, -0.25) is 0 Å². The van der Waals surface area contributed by atoms with Crippen molar-refractivity contribution in [2.75, 3.05) is 12.3 Å². The van der Waals surface area contributed by atoms with Crippen LogP contribution in [0.3, 0.4) is 0 Å². The van der Waals surface area contributed by atoms with E-state index < -0.39 is 10.0 Å². The van der Waals surface area contributed by atoms with Gasteiger partial charge >= 0.3 is 0 Å². The Labute approximate surface area is 118 Å². The average molecular weight is 307 g/mol. The topological polar surface area (TPSA) is 92.4 Å². The van der Waals surface area contributed by atoms with E-state index in [9.17, 15) is 8.42 Å². The number of hydrogen-bond donors (Lipinski definition) is 3. The van der Waals surface area contributed by atoms with E-state index in [1.807, 2.05) is 13.8 Å². The molecule has 0 bridgehead atoms. The van der Waals surface area contributed by atoms with Crippen LogP contribution in [0.15, 0.2) is 23.1 Å².